The van der Waals surface area contributed by atoms with Gasteiger partial charge in [0, 0.05) is 24.2 Å². The predicted molar refractivity (Wildman–Crippen MR) is 92.0 cm³/mol. The molecule has 3 heterocycles. The van der Waals surface area contributed by atoms with Gasteiger partial charge in [-0.2, -0.15) is 5.10 Å². The van der Waals surface area contributed by atoms with Crippen LogP contribution in [-0.2, 0) is 6.42 Å². The van der Waals surface area contributed by atoms with Crippen molar-refractivity contribution in [2.75, 3.05) is 0 Å². The molecule has 0 atom stereocenters. The Labute approximate surface area is 155 Å². The zero-order chi connectivity index (χ0) is 19.9. The van der Waals surface area contributed by atoms with Crippen molar-refractivity contribution >= 4 is 5.65 Å². The van der Waals surface area contributed by atoms with Crippen LogP contribution >= 0.6 is 0 Å². The Morgan fingerprint density at radius 2 is 1.93 bits per heavy atom. The Morgan fingerprint density at radius 3 is 2.57 bits per heavy atom. The lowest BCUT2D eigenvalue weighted by Crippen LogP contribution is -2.16. The molecule has 0 aliphatic heterocycles. The molecule has 0 amide bonds. The first-order valence-corrected chi connectivity index (χ1v) is 8.16. The summed E-state index contributed by atoms with van der Waals surface area (Å²) in [6.45, 7) is 1.77. The SMILES string of the molecule is Cc1cc(Cc2cc(-c3ccc(OC(F)(F)F)cc3)cn3c(=O)[nH]nc23)no1. The molecule has 4 rings (SSSR count). The number of nitrogens with one attached hydrogen (secondary N) is 1. The maximum absolute atomic E-state index is 12.3. The van der Waals surface area contributed by atoms with Gasteiger partial charge in [0.15, 0.2) is 5.65 Å². The minimum atomic E-state index is -4.76. The molecule has 4 aromatic rings. The largest absolute Gasteiger partial charge is 0.573 e. The van der Waals surface area contributed by atoms with E-state index in [9.17, 15) is 18.0 Å². The van der Waals surface area contributed by atoms with Crippen LogP contribution in [0.5, 0.6) is 5.75 Å². The lowest BCUT2D eigenvalue weighted by atomic mass is 10.0. The molecule has 10 heteroatoms. The van der Waals surface area contributed by atoms with E-state index in [1.165, 1.54) is 28.7 Å². The number of nitrogens with zero attached hydrogens (tertiary/aromatic N) is 3. The maximum Gasteiger partial charge on any atom is 0.573 e. The summed E-state index contributed by atoms with van der Waals surface area (Å²) < 4.78 is 47.3. The fourth-order valence-corrected chi connectivity index (χ4v) is 2.91. The molecule has 0 radical (unpaired) electrons. The molecule has 0 saturated carbocycles. The van der Waals surface area contributed by atoms with Crippen LogP contribution in [0.3, 0.4) is 0 Å². The highest BCUT2D eigenvalue weighted by Gasteiger charge is 2.31. The topological polar surface area (TPSA) is 85.4 Å². The highest BCUT2D eigenvalue weighted by Crippen LogP contribution is 2.28. The van der Waals surface area contributed by atoms with Crippen LogP contribution in [-0.4, -0.2) is 26.1 Å². The molecule has 0 saturated heterocycles. The lowest BCUT2D eigenvalue weighted by Gasteiger charge is -2.10. The van der Waals surface area contributed by atoms with Crippen LogP contribution < -0.4 is 10.4 Å². The van der Waals surface area contributed by atoms with Crippen molar-refractivity contribution in [1.82, 2.24) is 19.8 Å². The molecule has 0 bridgehead atoms. The zero-order valence-corrected chi connectivity index (χ0v) is 14.4. The van der Waals surface area contributed by atoms with Gasteiger partial charge >= 0.3 is 12.1 Å². The number of hydrogen-bond acceptors (Lipinski definition) is 5. The number of alkyl halides is 3. The van der Waals surface area contributed by atoms with Crippen LogP contribution in [0, 0.1) is 6.92 Å². The number of benzene rings is 1. The Bertz CT molecular complexity index is 1190. The van der Waals surface area contributed by atoms with Crippen molar-refractivity contribution in [3.05, 3.63) is 70.1 Å². The Hall–Kier alpha value is -3.56. The number of hydrogen-bond donors (Lipinski definition) is 1. The zero-order valence-electron chi connectivity index (χ0n) is 14.4. The van der Waals surface area contributed by atoms with Gasteiger partial charge in [0.1, 0.15) is 11.5 Å². The molecular formula is C18H13F3N4O3. The van der Waals surface area contributed by atoms with E-state index < -0.39 is 12.1 Å². The van der Waals surface area contributed by atoms with Crippen LogP contribution in [0.4, 0.5) is 13.2 Å². The number of rotatable bonds is 4. The Kier molecular flexibility index (Phi) is 4.17. The second kappa shape index (κ2) is 6.55. The fourth-order valence-electron chi connectivity index (χ4n) is 2.91. The number of ether oxygens (including phenoxy) is 1. The van der Waals surface area contributed by atoms with Gasteiger partial charge in [0.05, 0.1) is 5.69 Å². The molecule has 3 aromatic heterocycles. The smallest absolute Gasteiger partial charge is 0.406 e. The molecule has 144 valence electrons. The van der Waals surface area contributed by atoms with E-state index in [4.69, 9.17) is 4.52 Å². The molecule has 0 unspecified atom stereocenters. The van der Waals surface area contributed by atoms with Gasteiger partial charge in [0.2, 0.25) is 0 Å². The normalized spacial score (nSPS) is 11.9. The second-order valence-electron chi connectivity index (χ2n) is 6.15. The van der Waals surface area contributed by atoms with Gasteiger partial charge in [-0.25, -0.2) is 14.3 Å². The van der Waals surface area contributed by atoms with Crippen LogP contribution in [0.25, 0.3) is 16.8 Å². The van der Waals surface area contributed by atoms with E-state index in [1.54, 1.807) is 25.3 Å². The second-order valence-corrected chi connectivity index (χ2v) is 6.15. The quantitative estimate of drug-likeness (QED) is 0.577. The summed E-state index contributed by atoms with van der Waals surface area (Å²) in [7, 11) is 0. The molecule has 7 nitrogen and oxygen atoms in total. The minimum absolute atomic E-state index is 0.323. The van der Waals surface area contributed by atoms with E-state index in [1.807, 2.05) is 0 Å². The van der Waals surface area contributed by atoms with E-state index in [2.05, 4.69) is 20.1 Å². The highest BCUT2D eigenvalue weighted by atomic mass is 19.4. The number of H-pyrrole nitrogens is 1. The van der Waals surface area contributed by atoms with E-state index >= 15 is 0 Å². The van der Waals surface area contributed by atoms with Crippen LogP contribution in [0.1, 0.15) is 17.0 Å². The van der Waals surface area contributed by atoms with E-state index in [0.29, 0.717) is 40.2 Å². The summed E-state index contributed by atoms with van der Waals surface area (Å²) in [6.07, 6.45) is -2.82. The van der Waals surface area contributed by atoms with Gasteiger partial charge < -0.3 is 9.26 Å². The predicted octanol–water partition coefficient (Wildman–Crippen LogP) is 3.48. The highest BCUT2D eigenvalue weighted by molar-refractivity contribution is 5.67. The third-order valence-electron chi connectivity index (χ3n) is 4.06. The molecule has 0 fully saturated rings. The van der Waals surface area contributed by atoms with Crippen molar-refractivity contribution in [3.8, 4) is 16.9 Å². The molecule has 0 aliphatic carbocycles. The van der Waals surface area contributed by atoms with Gasteiger partial charge in [-0.05, 0) is 36.2 Å². The molecule has 0 aliphatic rings. The molecule has 0 spiro atoms. The van der Waals surface area contributed by atoms with Crippen LogP contribution in [0.15, 0.2) is 51.9 Å². The maximum atomic E-state index is 12.3. The van der Waals surface area contributed by atoms with E-state index in [-0.39, 0.29) is 5.75 Å². The summed E-state index contributed by atoms with van der Waals surface area (Å²) in [5.41, 5.74) is 2.63. The first-order chi connectivity index (χ1) is 13.3. The van der Waals surface area contributed by atoms with Gasteiger partial charge in [-0.1, -0.05) is 17.3 Å². The monoisotopic (exact) mass is 390 g/mol. The summed E-state index contributed by atoms with van der Waals surface area (Å²) in [5, 5.41) is 10.4. The van der Waals surface area contributed by atoms with Crippen LogP contribution in [0.2, 0.25) is 0 Å². The standard InChI is InChI=1S/C18H13F3N4O3/c1-10-6-14(24-28-10)8-12-7-13(9-25-16(12)22-23-17(25)26)11-2-4-15(5-3-11)27-18(19,20)21/h2-7,9H,8H2,1H3,(H,23,26). The summed E-state index contributed by atoms with van der Waals surface area (Å²) in [4.78, 5) is 12.0. The molecular weight excluding hydrogens is 377 g/mol. The average molecular weight is 390 g/mol. The number of aryl methyl sites for hydroxylation is 1. The number of fused-ring (bicyclic) bond motifs is 1. The first-order valence-electron chi connectivity index (χ1n) is 8.16. The number of halogens is 3. The lowest BCUT2D eigenvalue weighted by molar-refractivity contribution is -0.274. The summed E-state index contributed by atoms with van der Waals surface area (Å²) in [5.74, 6) is 0.331. The molecule has 1 aromatic carbocycles. The number of aromatic nitrogens is 4. The van der Waals surface area contributed by atoms with Crippen molar-refractivity contribution in [2.24, 2.45) is 0 Å². The third-order valence-corrected chi connectivity index (χ3v) is 4.06. The summed E-state index contributed by atoms with van der Waals surface area (Å²) >= 11 is 0. The Balaban J connectivity index is 1.75. The first kappa shape index (κ1) is 17.8. The van der Waals surface area contributed by atoms with Crippen molar-refractivity contribution in [3.63, 3.8) is 0 Å². The van der Waals surface area contributed by atoms with Crippen molar-refractivity contribution < 1.29 is 22.4 Å². The Morgan fingerprint density at radius 1 is 1.18 bits per heavy atom. The van der Waals surface area contributed by atoms with Crippen molar-refractivity contribution in [1.29, 1.82) is 0 Å². The average Bonchev–Trinajstić information content (AvgIpc) is 3.20. The third kappa shape index (κ3) is 3.61. The summed E-state index contributed by atoms with van der Waals surface area (Å²) in [6, 6.07) is 8.98. The number of pyridine rings is 1. The fraction of sp³-hybridized carbons (Fsp3) is 0.167. The van der Waals surface area contributed by atoms with E-state index in [0.717, 1.165) is 0 Å². The number of aromatic amines is 1. The van der Waals surface area contributed by atoms with Gasteiger partial charge in [-0.3, -0.25) is 0 Å². The van der Waals surface area contributed by atoms with Crippen molar-refractivity contribution in [2.45, 2.75) is 19.7 Å². The molecule has 1 N–H and O–H groups in total. The van der Waals surface area contributed by atoms with Gasteiger partial charge in [0.25, 0.3) is 0 Å². The minimum Gasteiger partial charge on any atom is -0.406 e. The molecule has 28 heavy (non-hydrogen) atoms. The van der Waals surface area contributed by atoms with Gasteiger partial charge in [-0.15, -0.1) is 13.2 Å².